The van der Waals surface area contributed by atoms with Crippen molar-refractivity contribution in [3.63, 3.8) is 0 Å². The lowest BCUT2D eigenvalue weighted by molar-refractivity contribution is 0.993. The van der Waals surface area contributed by atoms with Gasteiger partial charge in [-0.1, -0.05) is 0 Å². The van der Waals surface area contributed by atoms with E-state index in [1.165, 1.54) is 24.2 Å². The molecule has 0 bridgehead atoms. The average molecular weight is 233 g/mol. The highest BCUT2D eigenvalue weighted by Crippen LogP contribution is 2.40. The van der Waals surface area contributed by atoms with Crippen LogP contribution in [0.2, 0.25) is 0 Å². The van der Waals surface area contributed by atoms with Crippen LogP contribution in [0.25, 0.3) is 10.7 Å². The third-order valence-corrected chi connectivity index (χ3v) is 3.31. The maximum absolute atomic E-state index is 5.41. The normalized spacial score (nSPS) is 15.1. The molecule has 1 fully saturated rings. The maximum atomic E-state index is 5.41. The van der Waals surface area contributed by atoms with E-state index < -0.39 is 0 Å². The largest absolute Gasteiger partial charge is 0.308 e. The molecule has 0 unspecified atom stereocenters. The Hall–Kier alpha value is -1.53. The number of aromatic nitrogens is 3. The number of nitrogen functional groups attached to an aromatic ring is 1. The number of hydrogen-bond acceptors (Lipinski definition) is 6. The van der Waals surface area contributed by atoms with Gasteiger partial charge < -0.3 is 5.43 Å². The van der Waals surface area contributed by atoms with Crippen molar-refractivity contribution < 1.29 is 0 Å². The second kappa shape index (κ2) is 3.80. The fourth-order valence-electron chi connectivity index (χ4n) is 1.56. The molecule has 16 heavy (non-hydrogen) atoms. The van der Waals surface area contributed by atoms with Crippen LogP contribution >= 0.6 is 11.3 Å². The van der Waals surface area contributed by atoms with Gasteiger partial charge in [0.15, 0.2) is 5.82 Å². The van der Waals surface area contributed by atoms with E-state index in [0.29, 0.717) is 17.6 Å². The Morgan fingerprint density at radius 3 is 2.88 bits per heavy atom. The fourth-order valence-corrected chi connectivity index (χ4v) is 2.12. The van der Waals surface area contributed by atoms with Gasteiger partial charge in [-0.25, -0.2) is 15.8 Å². The summed E-state index contributed by atoms with van der Waals surface area (Å²) in [6.45, 7) is 0. The molecule has 6 heteroatoms. The first-order valence-electron chi connectivity index (χ1n) is 5.11. The van der Waals surface area contributed by atoms with Gasteiger partial charge in [0.1, 0.15) is 5.82 Å². The zero-order valence-corrected chi connectivity index (χ0v) is 9.37. The SMILES string of the molecule is NNc1cc(C2CC2)nc(-c2cncs2)n1. The molecular formula is C10H11N5S. The quantitative estimate of drug-likeness (QED) is 0.624. The molecule has 0 saturated heterocycles. The molecule has 1 aliphatic carbocycles. The number of nitrogens with two attached hydrogens (primary N) is 1. The Kier molecular flexibility index (Phi) is 2.30. The number of thiazole rings is 1. The van der Waals surface area contributed by atoms with Crippen molar-refractivity contribution in [1.29, 1.82) is 0 Å². The van der Waals surface area contributed by atoms with Gasteiger partial charge in [0.25, 0.3) is 0 Å². The number of nitrogens with one attached hydrogen (secondary N) is 1. The lowest BCUT2D eigenvalue weighted by atomic mass is 10.2. The summed E-state index contributed by atoms with van der Waals surface area (Å²) >= 11 is 1.53. The Balaban J connectivity index is 2.06. The standard InChI is InChI=1S/C10H11N5S/c11-15-9-3-7(6-1-2-6)13-10(14-9)8-4-12-5-16-8/h3-6H,1-2,11H2,(H,13,14,15). The third-order valence-electron chi connectivity index (χ3n) is 2.54. The summed E-state index contributed by atoms with van der Waals surface area (Å²) in [5.74, 6) is 7.37. The van der Waals surface area contributed by atoms with Crippen molar-refractivity contribution in [3.05, 3.63) is 23.5 Å². The highest BCUT2D eigenvalue weighted by Gasteiger charge is 2.26. The summed E-state index contributed by atoms with van der Waals surface area (Å²) in [4.78, 5) is 13.9. The Labute approximate surface area is 96.7 Å². The fraction of sp³-hybridized carbons (Fsp3) is 0.300. The van der Waals surface area contributed by atoms with Crippen molar-refractivity contribution >= 4 is 17.2 Å². The Morgan fingerprint density at radius 2 is 2.25 bits per heavy atom. The monoisotopic (exact) mass is 233 g/mol. The highest BCUT2D eigenvalue weighted by atomic mass is 32.1. The van der Waals surface area contributed by atoms with Crippen LogP contribution in [-0.4, -0.2) is 15.0 Å². The van der Waals surface area contributed by atoms with Crippen molar-refractivity contribution in [2.24, 2.45) is 5.84 Å². The van der Waals surface area contributed by atoms with Crippen LogP contribution in [0.3, 0.4) is 0 Å². The van der Waals surface area contributed by atoms with E-state index in [1.807, 2.05) is 6.07 Å². The second-order valence-corrected chi connectivity index (χ2v) is 4.67. The molecule has 3 N–H and O–H groups in total. The first-order valence-corrected chi connectivity index (χ1v) is 5.99. The summed E-state index contributed by atoms with van der Waals surface area (Å²) < 4.78 is 0. The first kappa shape index (κ1) is 9.68. The van der Waals surface area contributed by atoms with Crippen molar-refractivity contribution in [1.82, 2.24) is 15.0 Å². The van der Waals surface area contributed by atoms with Gasteiger partial charge in [-0.2, -0.15) is 0 Å². The molecule has 1 aliphatic rings. The van der Waals surface area contributed by atoms with Crippen molar-refractivity contribution in [2.45, 2.75) is 18.8 Å². The van der Waals surface area contributed by atoms with Gasteiger partial charge >= 0.3 is 0 Å². The molecular weight excluding hydrogens is 222 g/mol. The van der Waals surface area contributed by atoms with Crippen LogP contribution in [0.5, 0.6) is 0 Å². The molecule has 1 saturated carbocycles. The minimum atomic E-state index is 0.585. The minimum absolute atomic E-state index is 0.585. The predicted octanol–water partition coefficient (Wildman–Crippen LogP) is 1.76. The zero-order valence-electron chi connectivity index (χ0n) is 8.55. The molecule has 0 aliphatic heterocycles. The third kappa shape index (κ3) is 1.77. The minimum Gasteiger partial charge on any atom is -0.308 e. The molecule has 3 rings (SSSR count). The van der Waals surface area contributed by atoms with Crippen molar-refractivity contribution in [3.8, 4) is 10.7 Å². The van der Waals surface area contributed by atoms with E-state index in [-0.39, 0.29) is 0 Å². The number of hydrazine groups is 1. The van der Waals surface area contributed by atoms with E-state index in [4.69, 9.17) is 5.84 Å². The van der Waals surface area contributed by atoms with Gasteiger partial charge in [0, 0.05) is 23.9 Å². The number of hydrogen-bond donors (Lipinski definition) is 2. The second-order valence-electron chi connectivity index (χ2n) is 3.79. The summed E-state index contributed by atoms with van der Waals surface area (Å²) in [5, 5.41) is 0. The van der Waals surface area contributed by atoms with Crippen LogP contribution < -0.4 is 11.3 Å². The Morgan fingerprint density at radius 1 is 1.38 bits per heavy atom. The first-order chi connectivity index (χ1) is 7.86. The summed E-state index contributed by atoms with van der Waals surface area (Å²) in [7, 11) is 0. The molecule has 82 valence electrons. The van der Waals surface area contributed by atoms with Crippen molar-refractivity contribution in [2.75, 3.05) is 5.43 Å². The van der Waals surface area contributed by atoms with Gasteiger partial charge in [-0.3, -0.25) is 4.98 Å². The molecule has 5 nitrogen and oxygen atoms in total. The molecule has 0 atom stereocenters. The molecule has 2 aromatic rings. The molecule has 0 amide bonds. The summed E-state index contributed by atoms with van der Waals surface area (Å²) in [6, 6.07) is 1.92. The molecule has 0 aromatic carbocycles. The lowest BCUT2D eigenvalue weighted by Crippen LogP contribution is -2.10. The lowest BCUT2D eigenvalue weighted by Gasteiger charge is -2.05. The number of rotatable bonds is 3. The molecule has 0 spiro atoms. The van der Waals surface area contributed by atoms with E-state index >= 15 is 0 Å². The van der Waals surface area contributed by atoms with E-state index in [0.717, 1.165) is 10.6 Å². The Bertz CT molecular complexity index is 492. The van der Waals surface area contributed by atoms with Crippen LogP contribution in [0.15, 0.2) is 17.8 Å². The summed E-state index contributed by atoms with van der Waals surface area (Å²) in [5.41, 5.74) is 5.44. The van der Waals surface area contributed by atoms with Gasteiger partial charge in [-0.05, 0) is 12.8 Å². The molecule has 0 radical (unpaired) electrons. The molecule has 2 aromatic heterocycles. The van der Waals surface area contributed by atoms with Crippen LogP contribution in [0, 0.1) is 0 Å². The van der Waals surface area contributed by atoms with Gasteiger partial charge in [0.2, 0.25) is 0 Å². The highest BCUT2D eigenvalue weighted by molar-refractivity contribution is 7.13. The number of nitrogens with zero attached hydrogens (tertiary/aromatic N) is 3. The zero-order chi connectivity index (χ0) is 11.0. The molecule has 2 heterocycles. The van der Waals surface area contributed by atoms with E-state index in [1.54, 1.807) is 11.7 Å². The van der Waals surface area contributed by atoms with Gasteiger partial charge in [0.05, 0.1) is 10.4 Å². The predicted molar refractivity (Wildman–Crippen MR) is 62.9 cm³/mol. The smallest absolute Gasteiger partial charge is 0.173 e. The van der Waals surface area contributed by atoms with Crippen LogP contribution in [0.4, 0.5) is 5.82 Å². The van der Waals surface area contributed by atoms with Crippen LogP contribution in [-0.2, 0) is 0 Å². The van der Waals surface area contributed by atoms with E-state index in [2.05, 4.69) is 20.4 Å². The average Bonchev–Trinajstić information content (AvgIpc) is 3.04. The maximum Gasteiger partial charge on any atom is 0.173 e. The summed E-state index contributed by atoms with van der Waals surface area (Å²) in [6.07, 6.45) is 4.20. The van der Waals surface area contributed by atoms with Gasteiger partial charge in [-0.15, -0.1) is 11.3 Å². The van der Waals surface area contributed by atoms with Crippen LogP contribution in [0.1, 0.15) is 24.5 Å². The van der Waals surface area contributed by atoms with E-state index in [9.17, 15) is 0 Å². The topological polar surface area (TPSA) is 76.7 Å². The number of anilines is 1.